The number of rotatable bonds is 10. The molecule has 0 aliphatic rings. The number of halogens is 3. The van der Waals surface area contributed by atoms with Crippen LogP contribution in [0.15, 0.2) is 45.4 Å². The molecule has 2 heterocycles. The fourth-order valence-electron chi connectivity index (χ4n) is 3.41. The highest BCUT2D eigenvalue weighted by molar-refractivity contribution is 6.12. The number of ketones is 1. The zero-order valence-corrected chi connectivity index (χ0v) is 20.4. The van der Waals surface area contributed by atoms with Gasteiger partial charge in [0, 0.05) is 43.5 Å². The number of alkyl carbamates (subject to hydrolysis) is 1. The van der Waals surface area contributed by atoms with Crippen LogP contribution in [0.5, 0.6) is 5.75 Å². The zero-order chi connectivity index (χ0) is 27.0. The van der Waals surface area contributed by atoms with Crippen molar-refractivity contribution >= 4 is 18.0 Å². The lowest BCUT2D eigenvalue weighted by Gasteiger charge is -2.11. The van der Waals surface area contributed by atoms with Crippen LogP contribution in [0.4, 0.5) is 18.0 Å². The lowest BCUT2D eigenvalue weighted by atomic mass is 9.99. The second kappa shape index (κ2) is 12.3. The van der Waals surface area contributed by atoms with Gasteiger partial charge in [0.25, 0.3) is 0 Å². The van der Waals surface area contributed by atoms with E-state index in [1.54, 1.807) is 24.6 Å². The van der Waals surface area contributed by atoms with Crippen molar-refractivity contribution in [3.8, 4) is 5.75 Å². The highest BCUT2D eigenvalue weighted by Gasteiger charge is 2.27. The quantitative estimate of drug-likeness (QED) is 0.335. The van der Waals surface area contributed by atoms with Crippen LogP contribution in [0.2, 0.25) is 0 Å². The molecule has 0 aliphatic carbocycles. The third-order valence-corrected chi connectivity index (χ3v) is 5.45. The van der Waals surface area contributed by atoms with Crippen molar-refractivity contribution in [3.63, 3.8) is 0 Å². The lowest BCUT2D eigenvalue weighted by molar-refractivity contribution is -0.134. The van der Waals surface area contributed by atoms with Gasteiger partial charge in [0.1, 0.15) is 17.1 Å². The number of alkyl halides is 3. The Hall–Kier alpha value is -3.76. The van der Waals surface area contributed by atoms with Crippen molar-refractivity contribution in [2.45, 2.75) is 51.6 Å². The normalized spacial score (nSPS) is 13.1. The monoisotopic (exact) mass is 510 g/mol. The molecule has 0 radical (unpaired) electrons. The maximum Gasteiger partial charge on any atom is 0.410 e. The highest BCUT2D eigenvalue weighted by Crippen LogP contribution is 2.27. The molecule has 11 heteroatoms. The number of ether oxygens (including phenoxy) is 1. The molecule has 0 aliphatic heterocycles. The van der Waals surface area contributed by atoms with Crippen LogP contribution in [-0.2, 0) is 18.2 Å². The average molecular weight is 511 g/mol. The number of carbonyl (C=O) groups is 2. The third kappa shape index (κ3) is 8.17. The first-order valence-electron chi connectivity index (χ1n) is 11.1. The zero-order valence-electron chi connectivity index (χ0n) is 20.4. The van der Waals surface area contributed by atoms with E-state index in [9.17, 15) is 32.7 Å². The summed E-state index contributed by atoms with van der Waals surface area (Å²) in [5.41, 5.74) is -0.478. The fourth-order valence-corrected chi connectivity index (χ4v) is 3.41. The Morgan fingerprint density at radius 2 is 2.00 bits per heavy atom. The molecular weight excluding hydrogens is 481 g/mol. The third-order valence-electron chi connectivity index (χ3n) is 5.45. The summed E-state index contributed by atoms with van der Waals surface area (Å²) in [6, 6.07) is 2.76. The SMILES string of the molecule is COC(=O)N/C=C/CCC(C)c1cc(O)c(C(=O)C(C)=Cc2cc(CCC(F)(F)F)cn2C)c(=O)o1. The molecular formula is C25H29F3N2O6. The number of nitrogens with one attached hydrogen (secondary N) is 1. The molecule has 0 aromatic carbocycles. The molecule has 1 amide bonds. The molecule has 0 bridgehead atoms. The van der Waals surface area contributed by atoms with E-state index >= 15 is 0 Å². The summed E-state index contributed by atoms with van der Waals surface area (Å²) in [4.78, 5) is 36.4. The first-order chi connectivity index (χ1) is 16.8. The van der Waals surface area contributed by atoms with Gasteiger partial charge in [-0.15, -0.1) is 0 Å². The van der Waals surface area contributed by atoms with Crippen molar-refractivity contribution in [2.75, 3.05) is 7.11 Å². The predicted octanol–water partition coefficient (Wildman–Crippen LogP) is 5.22. The summed E-state index contributed by atoms with van der Waals surface area (Å²) in [6.07, 6.45) is 1.11. The molecule has 2 aromatic heterocycles. The van der Waals surface area contributed by atoms with Crippen LogP contribution in [0.25, 0.3) is 6.08 Å². The van der Waals surface area contributed by atoms with E-state index in [1.165, 1.54) is 44.6 Å². The summed E-state index contributed by atoms with van der Waals surface area (Å²) < 4.78 is 48.8. The number of methoxy groups -OCH3 is 1. The molecule has 1 atom stereocenters. The van der Waals surface area contributed by atoms with Crippen molar-refractivity contribution in [1.82, 2.24) is 9.88 Å². The Morgan fingerprint density at radius 3 is 2.61 bits per heavy atom. The molecule has 1 unspecified atom stereocenters. The standard InChI is InChI=1S/C25H29F3N2O6/c1-15(7-5-6-10-29-24(34)35-4)20-13-19(31)21(23(33)36-20)22(32)16(2)11-18-12-17(14-30(18)3)8-9-25(26,27)28/h6,10-15,31H,5,7-9H2,1-4H3,(H,29,34)/b10-6+,16-11?. The van der Waals surface area contributed by atoms with Crippen molar-refractivity contribution in [2.24, 2.45) is 7.05 Å². The van der Waals surface area contributed by atoms with E-state index in [2.05, 4.69) is 10.1 Å². The Labute approximate surface area is 206 Å². The second-order valence-electron chi connectivity index (χ2n) is 8.37. The van der Waals surface area contributed by atoms with Crippen LogP contribution in [0.1, 0.15) is 66.4 Å². The van der Waals surface area contributed by atoms with Crippen molar-refractivity contribution < 1.29 is 37.0 Å². The minimum atomic E-state index is -4.27. The van der Waals surface area contributed by atoms with Gasteiger partial charge in [-0.25, -0.2) is 9.59 Å². The van der Waals surface area contributed by atoms with Gasteiger partial charge in [-0.05, 0) is 49.5 Å². The van der Waals surface area contributed by atoms with E-state index in [1.807, 2.05) is 0 Å². The summed E-state index contributed by atoms with van der Waals surface area (Å²) in [5, 5.41) is 12.8. The van der Waals surface area contributed by atoms with Gasteiger partial charge >= 0.3 is 17.9 Å². The number of aromatic hydroxyl groups is 1. The van der Waals surface area contributed by atoms with Crippen LogP contribution in [-0.4, -0.2) is 34.8 Å². The number of nitrogens with zero attached hydrogens (tertiary/aromatic N) is 1. The van der Waals surface area contributed by atoms with E-state index in [0.717, 1.165) is 0 Å². The second-order valence-corrected chi connectivity index (χ2v) is 8.37. The Balaban J connectivity index is 2.13. The minimum Gasteiger partial charge on any atom is -0.507 e. The molecule has 2 aromatic rings. The molecule has 2 rings (SSSR count). The summed E-state index contributed by atoms with van der Waals surface area (Å²) in [6.45, 7) is 3.21. The lowest BCUT2D eigenvalue weighted by Crippen LogP contribution is -2.17. The van der Waals surface area contributed by atoms with Gasteiger partial charge in [-0.2, -0.15) is 13.2 Å². The maximum atomic E-state index is 12.9. The Morgan fingerprint density at radius 1 is 1.31 bits per heavy atom. The van der Waals surface area contributed by atoms with Gasteiger partial charge in [-0.3, -0.25) is 10.1 Å². The average Bonchev–Trinajstić information content (AvgIpc) is 3.15. The number of aromatic nitrogens is 1. The van der Waals surface area contributed by atoms with Crippen LogP contribution in [0, 0.1) is 0 Å². The molecule has 196 valence electrons. The number of aryl methyl sites for hydroxylation is 2. The van der Waals surface area contributed by atoms with E-state index in [4.69, 9.17) is 4.42 Å². The molecule has 0 saturated heterocycles. The fraction of sp³-hybridized carbons (Fsp3) is 0.400. The largest absolute Gasteiger partial charge is 0.507 e. The number of hydrogen-bond donors (Lipinski definition) is 2. The van der Waals surface area contributed by atoms with Crippen molar-refractivity contribution in [3.05, 3.63) is 69.2 Å². The Bertz CT molecular complexity index is 1210. The number of amides is 1. The topological polar surface area (TPSA) is 111 Å². The maximum absolute atomic E-state index is 12.9. The minimum absolute atomic E-state index is 0.102. The smallest absolute Gasteiger partial charge is 0.410 e. The Kier molecular flexibility index (Phi) is 9.71. The number of Topliss-reactive ketones (excluding diaryl/α,β-unsaturated/α-hetero) is 1. The van der Waals surface area contributed by atoms with Crippen LogP contribution >= 0.6 is 0 Å². The molecule has 0 spiro atoms. The highest BCUT2D eigenvalue weighted by atomic mass is 19.4. The van der Waals surface area contributed by atoms with Gasteiger partial charge in [0.2, 0.25) is 0 Å². The van der Waals surface area contributed by atoms with E-state index in [-0.39, 0.29) is 23.7 Å². The summed E-state index contributed by atoms with van der Waals surface area (Å²) in [7, 11) is 2.87. The number of hydrogen-bond acceptors (Lipinski definition) is 6. The summed E-state index contributed by atoms with van der Waals surface area (Å²) in [5.74, 6) is -1.35. The molecule has 0 saturated carbocycles. The van der Waals surface area contributed by atoms with E-state index in [0.29, 0.717) is 24.1 Å². The van der Waals surface area contributed by atoms with E-state index < -0.39 is 41.4 Å². The van der Waals surface area contributed by atoms with Crippen LogP contribution < -0.4 is 10.9 Å². The van der Waals surface area contributed by atoms with Crippen molar-refractivity contribution in [1.29, 1.82) is 0 Å². The first kappa shape index (κ1) is 28.5. The number of carbonyl (C=O) groups excluding carboxylic acids is 2. The summed E-state index contributed by atoms with van der Waals surface area (Å²) >= 11 is 0. The molecule has 2 N–H and O–H groups in total. The predicted molar refractivity (Wildman–Crippen MR) is 127 cm³/mol. The van der Waals surface area contributed by atoms with Gasteiger partial charge in [0.05, 0.1) is 7.11 Å². The molecule has 36 heavy (non-hydrogen) atoms. The number of allylic oxidation sites excluding steroid dienone is 2. The van der Waals surface area contributed by atoms with Gasteiger partial charge < -0.3 is 18.8 Å². The van der Waals surface area contributed by atoms with Crippen LogP contribution in [0.3, 0.4) is 0 Å². The first-order valence-corrected chi connectivity index (χ1v) is 11.1. The van der Waals surface area contributed by atoms with Gasteiger partial charge in [-0.1, -0.05) is 13.0 Å². The molecule has 8 nitrogen and oxygen atoms in total. The van der Waals surface area contributed by atoms with Gasteiger partial charge in [0.15, 0.2) is 5.78 Å². The molecule has 0 fully saturated rings.